The van der Waals surface area contributed by atoms with E-state index in [4.69, 9.17) is 5.11 Å². The molecule has 0 heterocycles. The number of carboxylic acids is 2. The lowest BCUT2D eigenvalue weighted by Crippen LogP contribution is -2.49. The van der Waals surface area contributed by atoms with Crippen LogP contribution in [0.1, 0.15) is 27.7 Å². The van der Waals surface area contributed by atoms with E-state index < -0.39 is 34.6 Å². The average molecular weight is 226 g/mol. The minimum Gasteiger partial charge on any atom is -0.481 e. The zero-order valence-corrected chi connectivity index (χ0v) is 10.0. The van der Waals surface area contributed by atoms with Gasteiger partial charge in [-0.3, -0.25) is 9.59 Å². The summed E-state index contributed by atoms with van der Waals surface area (Å²) in [6.45, 7) is 7.05. The van der Waals surface area contributed by atoms with Crippen molar-refractivity contribution in [3.63, 3.8) is 0 Å². The molecule has 0 saturated heterocycles. The van der Waals surface area contributed by atoms with Gasteiger partial charge in [-0.25, -0.2) is 0 Å². The number of allylic oxidation sites excluding steroid dienone is 1. The molecule has 4 heteroatoms. The highest BCUT2D eigenvalue weighted by Crippen LogP contribution is 2.50. The predicted molar refractivity (Wildman–Crippen MR) is 59.0 cm³/mol. The Balaban J connectivity index is 3.29. The van der Waals surface area contributed by atoms with Crippen LogP contribution in [0.15, 0.2) is 12.2 Å². The van der Waals surface area contributed by atoms with Crippen LogP contribution in [0.25, 0.3) is 0 Å². The summed E-state index contributed by atoms with van der Waals surface area (Å²) in [5, 5.41) is 18.4. The average Bonchev–Trinajstić information content (AvgIpc) is 1.97. The maximum atomic E-state index is 11.3. The molecule has 1 rings (SSSR count). The second-order valence-corrected chi connectivity index (χ2v) is 5.59. The first-order valence-corrected chi connectivity index (χ1v) is 5.25. The molecule has 2 atom stereocenters. The van der Waals surface area contributed by atoms with Gasteiger partial charge in [-0.2, -0.15) is 0 Å². The van der Waals surface area contributed by atoms with E-state index in [-0.39, 0.29) is 0 Å². The molecule has 0 spiro atoms. The monoisotopic (exact) mass is 226 g/mol. The lowest BCUT2D eigenvalue weighted by atomic mass is 9.56. The van der Waals surface area contributed by atoms with Crippen molar-refractivity contribution >= 4 is 11.9 Å². The highest BCUT2D eigenvalue weighted by atomic mass is 16.4. The predicted octanol–water partition coefficient (Wildman–Crippen LogP) is 2.01. The van der Waals surface area contributed by atoms with E-state index in [0.717, 1.165) is 0 Å². The molecule has 0 saturated carbocycles. The van der Waals surface area contributed by atoms with Gasteiger partial charge in [-0.05, 0) is 10.8 Å². The lowest BCUT2D eigenvalue weighted by Gasteiger charge is -2.46. The third-order valence-corrected chi connectivity index (χ3v) is 3.52. The number of carboxylic acid groups (broad SMARTS) is 2. The molecular weight excluding hydrogens is 208 g/mol. The molecule has 0 aromatic heterocycles. The molecule has 0 amide bonds. The number of hydrogen-bond acceptors (Lipinski definition) is 2. The van der Waals surface area contributed by atoms with Crippen molar-refractivity contribution in [1.29, 1.82) is 0 Å². The van der Waals surface area contributed by atoms with E-state index >= 15 is 0 Å². The number of hydrogen-bond donors (Lipinski definition) is 2. The van der Waals surface area contributed by atoms with Gasteiger partial charge in [-0.15, -0.1) is 0 Å². The zero-order valence-electron chi connectivity index (χ0n) is 10.0. The summed E-state index contributed by atoms with van der Waals surface area (Å²) in [6, 6.07) is 0. The minimum atomic E-state index is -0.969. The summed E-state index contributed by atoms with van der Waals surface area (Å²) in [6.07, 6.45) is 3.32. The molecule has 16 heavy (non-hydrogen) atoms. The maximum absolute atomic E-state index is 11.3. The van der Waals surface area contributed by atoms with Crippen LogP contribution in [0.4, 0.5) is 0 Å². The maximum Gasteiger partial charge on any atom is 0.310 e. The molecule has 0 radical (unpaired) electrons. The number of carbonyl (C=O) groups is 2. The highest BCUT2D eigenvalue weighted by Gasteiger charge is 2.52. The molecule has 2 unspecified atom stereocenters. The normalized spacial score (nSPS) is 31.0. The summed E-state index contributed by atoms with van der Waals surface area (Å²) in [5.74, 6) is -3.36. The van der Waals surface area contributed by atoms with Crippen molar-refractivity contribution in [2.75, 3.05) is 0 Å². The summed E-state index contributed by atoms with van der Waals surface area (Å²) < 4.78 is 0. The molecule has 0 aromatic carbocycles. The molecule has 0 bridgehead atoms. The van der Waals surface area contributed by atoms with Crippen molar-refractivity contribution in [3.05, 3.63) is 12.2 Å². The fraction of sp³-hybridized carbons (Fsp3) is 0.667. The van der Waals surface area contributed by atoms with Crippen LogP contribution in [0.3, 0.4) is 0 Å². The second-order valence-electron chi connectivity index (χ2n) is 5.59. The van der Waals surface area contributed by atoms with Crippen molar-refractivity contribution in [3.8, 4) is 0 Å². The molecule has 2 N–H and O–H groups in total. The third-order valence-electron chi connectivity index (χ3n) is 3.52. The summed E-state index contributed by atoms with van der Waals surface area (Å²) in [5.41, 5.74) is -1.32. The Morgan fingerprint density at radius 3 is 1.94 bits per heavy atom. The first-order valence-electron chi connectivity index (χ1n) is 5.25. The van der Waals surface area contributed by atoms with Gasteiger partial charge in [0.2, 0.25) is 0 Å². The molecular formula is C12H18O4. The Morgan fingerprint density at radius 2 is 1.56 bits per heavy atom. The van der Waals surface area contributed by atoms with Crippen LogP contribution in [0.2, 0.25) is 0 Å². The van der Waals surface area contributed by atoms with Crippen molar-refractivity contribution in [2.24, 2.45) is 22.7 Å². The van der Waals surface area contributed by atoms with Crippen molar-refractivity contribution < 1.29 is 19.8 Å². The lowest BCUT2D eigenvalue weighted by molar-refractivity contribution is -0.158. The Bertz CT molecular complexity index is 352. The van der Waals surface area contributed by atoms with E-state index in [1.807, 2.05) is 13.8 Å². The van der Waals surface area contributed by atoms with Crippen LogP contribution >= 0.6 is 0 Å². The van der Waals surface area contributed by atoms with Crippen molar-refractivity contribution in [2.45, 2.75) is 27.7 Å². The van der Waals surface area contributed by atoms with Crippen LogP contribution < -0.4 is 0 Å². The SMILES string of the molecule is CC1(C)C=CC(C(=O)O)C(C)(C)C1C(=O)O. The third kappa shape index (κ3) is 1.84. The van der Waals surface area contributed by atoms with Gasteiger partial charge in [-0.1, -0.05) is 39.8 Å². The minimum absolute atomic E-state index is 0.527. The van der Waals surface area contributed by atoms with Crippen LogP contribution in [-0.4, -0.2) is 22.2 Å². The quantitative estimate of drug-likeness (QED) is 0.706. The smallest absolute Gasteiger partial charge is 0.310 e. The molecule has 1 aliphatic rings. The summed E-state index contributed by atoms with van der Waals surface area (Å²) in [7, 11) is 0. The molecule has 0 aliphatic heterocycles. The standard InChI is InChI=1S/C12H18O4/c1-11(2)6-5-7(9(13)14)12(3,4)8(11)10(15)16/h5-8H,1-4H3,(H,13,14)(H,15,16). The first-order chi connectivity index (χ1) is 7.10. The highest BCUT2D eigenvalue weighted by molar-refractivity contribution is 5.78. The van der Waals surface area contributed by atoms with Gasteiger partial charge >= 0.3 is 11.9 Å². The van der Waals surface area contributed by atoms with E-state index in [1.165, 1.54) is 0 Å². The summed E-state index contributed by atoms with van der Waals surface area (Å²) in [4.78, 5) is 22.4. The summed E-state index contributed by atoms with van der Waals surface area (Å²) >= 11 is 0. The van der Waals surface area contributed by atoms with Gasteiger partial charge in [0, 0.05) is 0 Å². The van der Waals surface area contributed by atoms with Crippen LogP contribution in [0.5, 0.6) is 0 Å². The topological polar surface area (TPSA) is 74.6 Å². The first kappa shape index (κ1) is 12.7. The van der Waals surface area contributed by atoms with E-state index in [9.17, 15) is 14.7 Å². The van der Waals surface area contributed by atoms with Gasteiger partial charge in [0.05, 0.1) is 11.8 Å². The van der Waals surface area contributed by atoms with Crippen molar-refractivity contribution in [1.82, 2.24) is 0 Å². The molecule has 90 valence electrons. The number of rotatable bonds is 2. The largest absolute Gasteiger partial charge is 0.481 e. The van der Waals surface area contributed by atoms with E-state index in [2.05, 4.69) is 0 Å². The Labute approximate surface area is 95.0 Å². The van der Waals surface area contributed by atoms with E-state index in [0.29, 0.717) is 0 Å². The van der Waals surface area contributed by atoms with Crippen LogP contribution in [-0.2, 0) is 9.59 Å². The Kier molecular flexibility index (Phi) is 2.88. The van der Waals surface area contributed by atoms with Gasteiger partial charge in [0.1, 0.15) is 0 Å². The number of aliphatic carboxylic acids is 2. The Morgan fingerprint density at radius 1 is 1.06 bits per heavy atom. The van der Waals surface area contributed by atoms with Gasteiger partial charge in [0.15, 0.2) is 0 Å². The molecule has 4 nitrogen and oxygen atoms in total. The van der Waals surface area contributed by atoms with Crippen LogP contribution in [0, 0.1) is 22.7 Å². The Hall–Kier alpha value is -1.32. The fourth-order valence-electron chi connectivity index (χ4n) is 2.86. The van der Waals surface area contributed by atoms with Gasteiger partial charge < -0.3 is 10.2 Å². The van der Waals surface area contributed by atoms with E-state index in [1.54, 1.807) is 26.0 Å². The molecule has 0 fully saturated rings. The molecule has 1 aliphatic carbocycles. The second kappa shape index (κ2) is 3.61. The van der Waals surface area contributed by atoms with Gasteiger partial charge in [0.25, 0.3) is 0 Å². The zero-order chi connectivity index (χ0) is 12.7. The molecule has 0 aromatic rings. The fourth-order valence-corrected chi connectivity index (χ4v) is 2.86.